The fourth-order valence-corrected chi connectivity index (χ4v) is 3.13. The largest absolute Gasteiger partial charge is 0.497 e. The van der Waals surface area contributed by atoms with Gasteiger partial charge in [-0.2, -0.15) is 5.10 Å². The molecule has 0 aliphatic rings. The minimum atomic E-state index is -0.502. The van der Waals surface area contributed by atoms with E-state index in [0.29, 0.717) is 27.0 Å². The molecule has 3 aromatic rings. The molecule has 0 heterocycles. The second-order valence-electron chi connectivity index (χ2n) is 6.13. The Bertz CT molecular complexity index is 1110. The van der Waals surface area contributed by atoms with Crippen molar-refractivity contribution in [1.82, 2.24) is 5.43 Å². The van der Waals surface area contributed by atoms with E-state index in [1.807, 2.05) is 24.3 Å². The Hall–Kier alpha value is -2.94. The van der Waals surface area contributed by atoms with Crippen LogP contribution in [0, 0.1) is 0 Å². The van der Waals surface area contributed by atoms with E-state index < -0.39 is 5.97 Å². The maximum atomic E-state index is 12.4. The number of benzene rings is 3. The summed E-state index contributed by atoms with van der Waals surface area (Å²) >= 11 is 14.5. The summed E-state index contributed by atoms with van der Waals surface area (Å²) in [4.78, 5) is 12.4. The van der Waals surface area contributed by atoms with Gasteiger partial charge in [0.15, 0.2) is 5.11 Å². The van der Waals surface area contributed by atoms with Crippen LogP contribution >= 0.6 is 39.7 Å². The number of carbonyl (C=O) groups excluding carboxylic acids is 1. The van der Waals surface area contributed by atoms with Crippen molar-refractivity contribution in [3.63, 3.8) is 0 Å². The van der Waals surface area contributed by atoms with E-state index >= 15 is 0 Å². The molecule has 2 N–H and O–H groups in total. The highest BCUT2D eigenvalue weighted by Crippen LogP contribution is 2.23. The van der Waals surface area contributed by atoms with E-state index in [1.54, 1.807) is 49.6 Å². The van der Waals surface area contributed by atoms with E-state index in [1.165, 1.54) is 6.21 Å². The molecule has 0 aliphatic carbocycles. The van der Waals surface area contributed by atoms with E-state index in [2.05, 4.69) is 31.8 Å². The molecular weight excluding hydrogens is 502 g/mol. The first-order valence-corrected chi connectivity index (χ1v) is 10.5. The van der Waals surface area contributed by atoms with Crippen molar-refractivity contribution in [1.29, 1.82) is 0 Å². The molecule has 0 saturated carbocycles. The van der Waals surface area contributed by atoms with Crippen molar-refractivity contribution >= 4 is 62.7 Å². The molecule has 0 unspecified atom stereocenters. The monoisotopic (exact) mass is 517 g/mol. The highest BCUT2D eigenvalue weighted by Gasteiger charge is 2.11. The van der Waals surface area contributed by atoms with Crippen molar-refractivity contribution in [2.24, 2.45) is 5.10 Å². The normalized spacial score (nSPS) is 10.5. The fraction of sp³-hybridized carbons (Fsp3) is 0.0455. The topological polar surface area (TPSA) is 71.9 Å². The molecule has 0 atom stereocenters. The van der Waals surface area contributed by atoms with Gasteiger partial charge in [-0.1, -0.05) is 27.5 Å². The predicted octanol–water partition coefficient (Wildman–Crippen LogP) is 5.65. The van der Waals surface area contributed by atoms with Crippen LogP contribution in [0.4, 0.5) is 5.69 Å². The zero-order valence-electron chi connectivity index (χ0n) is 16.3. The van der Waals surface area contributed by atoms with Gasteiger partial charge in [0.2, 0.25) is 0 Å². The number of hydrogen-bond donors (Lipinski definition) is 2. The number of rotatable bonds is 6. The number of ether oxygens (including phenoxy) is 2. The van der Waals surface area contributed by atoms with Crippen molar-refractivity contribution in [2.45, 2.75) is 0 Å². The molecule has 3 rings (SSSR count). The van der Waals surface area contributed by atoms with Gasteiger partial charge in [-0.3, -0.25) is 5.43 Å². The maximum absolute atomic E-state index is 12.4. The van der Waals surface area contributed by atoms with Crippen LogP contribution in [0.2, 0.25) is 5.02 Å². The highest BCUT2D eigenvalue weighted by atomic mass is 79.9. The third-order valence-corrected chi connectivity index (χ3v) is 4.91. The number of nitrogens with one attached hydrogen (secondary N) is 2. The summed E-state index contributed by atoms with van der Waals surface area (Å²) in [5.74, 6) is 0.596. The van der Waals surface area contributed by atoms with Crippen LogP contribution in [0.25, 0.3) is 0 Å². The lowest BCUT2D eigenvalue weighted by atomic mass is 10.2. The van der Waals surface area contributed by atoms with E-state index in [-0.39, 0.29) is 0 Å². The number of thiocarbonyl (C=S) groups is 1. The van der Waals surface area contributed by atoms with Crippen LogP contribution in [0.15, 0.2) is 76.3 Å². The molecule has 158 valence electrons. The first-order chi connectivity index (χ1) is 14.9. The Labute approximate surface area is 198 Å². The molecule has 0 spiro atoms. The van der Waals surface area contributed by atoms with E-state index in [0.717, 1.165) is 15.9 Å². The molecule has 6 nitrogen and oxygen atoms in total. The summed E-state index contributed by atoms with van der Waals surface area (Å²) in [6, 6.07) is 19.0. The quantitative estimate of drug-likeness (QED) is 0.144. The Balaban J connectivity index is 1.65. The fourth-order valence-electron chi connectivity index (χ4n) is 2.45. The van der Waals surface area contributed by atoms with Gasteiger partial charge in [-0.25, -0.2) is 4.79 Å². The molecule has 0 bridgehead atoms. The minimum absolute atomic E-state index is 0.302. The number of methoxy groups -OCH3 is 1. The standard InChI is InChI=1S/C22H17BrClN3O3S/c1-29-19-9-7-18(8-10-19)26-22(31)27-25-13-15-12-16(23)4-11-20(15)30-21(28)14-2-5-17(24)6-3-14/h2-13H,1H3,(H2,26,27,31)/b25-13-. The SMILES string of the molecule is COc1ccc(NC(=S)N/N=C\c2cc(Br)ccc2OC(=O)c2ccc(Cl)cc2)cc1. The van der Waals surface area contributed by atoms with Crippen LogP contribution in [0.3, 0.4) is 0 Å². The molecule has 0 amide bonds. The Kier molecular flexibility index (Phi) is 8.00. The Morgan fingerprint density at radius 1 is 1.10 bits per heavy atom. The summed E-state index contributed by atoms with van der Waals surface area (Å²) in [6.07, 6.45) is 1.51. The van der Waals surface area contributed by atoms with E-state index in [4.69, 9.17) is 33.3 Å². The number of nitrogens with zero attached hydrogens (tertiary/aromatic N) is 1. The van der Waals surface area contributed by atoms with Crippen LogP contribution in [-0.4, -0.2) is 24.4 Å². The van der Waals surface area contributed by atoms with Crippen molar-refractivity contribution in [2.75, 3.05) is 12.4 Å². The van der Waals surface area contributed by atoms with E-state index in [9.17, 15) is 4.79 Å². The second kappa shape index (κ2) is 10.9. The highest BCUT2D eigenvalue weighted by molar-refractivity contribution is 9.10. The lowest BCUT2D eigenvalue weighted by Crippen LogP contribution is -2.23. The van der Waals surface area contributed by atoms with Crippen molar-refractivity contribution in [3.05, 3.63) is 87.4 Å². The average molecular weight is 519 g/mol. The summed E-state index contributed by atoms with van der Waals surface area (Å²) in [6.45, 7) is 0. The molecule has 3 aromatic carbocycles. The molecule has 9 heteroatoms. The first kappa shape index (κ1) is 22.7. The van der Waals surface area contributed by atoms with Gasteiger partial charge in [0.05, 0.1) is 18.9 Å². The number of esters is 1. The number of carbonyl (C=O) groups is 1. The Morgan fingerprint density at radius 3 is 2.48 bits per heavy atom. The van der Waals surface area contributed by atoms with Gasteiger partial charge < -0.3 is 14.8 Å². The number of halogens is 2. The third kappa shape index (κ3) is 6.78. The van der Waals surface area contributed by atoms with Gasteiger partial charge >= 0.3 is 5.97 Å². The predicted molar refractivity (Wildman–Crippen MR) is 130 cm³/mol. The van der Waals surface area contributed by atoms with Crippen LogP contribution in [0.1, 0.15) is 15.9 Å². The first-order valence-electron chi connectivity index (χ1n) is 8.96. The van der Waals surface area contributed by atoms with Gasteiger partial charge in [0.25, 0.3) is 0 Å². The zero-order chi connectivity index (χ0) is 22.2. The minimum Gasteiger partial charge on any atom is -0.497 e. The lowest BCUT2D eigenvalue weighted by Gasteiger charge is -2.09. The molecule has 31 heavy (non-hydrogen) atoms. The third-order valence-electron chi connectivity index (χ3n) is 3.97. The van der Waals surface area contributed by atoms with Crippen LogP contribution < -0.4 is 20.2 Å². The molecule has 0 saturated heterocycles. The van der Waals surface area contributed by atoms with Crippen molar-refractivity contribution in [3.8, 4) is 11.5 Å². The zero-order valence-corrected chi connectivity index (χ0v) is 19.4. The molecule has 0 aliphatic heterocycles. The van der Waals surface area contributed by atoms with Gasteiger partial charge in [0.1, 0.15) is 11.5 Å². The second-order valence-corrected chi connectivity index (χ2v) is 7.89. The van der Waals surface area contributed by atoms with Gasteiger partial charge in [-0.15, -0.1) is 0 Å². The van der Waals surface area contributed by atoms with Gasteiger partial charge in [-0.05, 0) is 78.9 Å². The molecule has 0 radical (unpaired) electrons. The Morgan fingerprint density at radius 2 is 1.81 bits per heavy atom. The average Bonchev–Trinajstić information content (AvgIpc) is 2.76. The summed E-state index contributed by atoms with van der Waals surface area (Å²) in [5, 5.41) is 7.98. The van der Waals surface area contributed by atoms with Crippen molar-refractivity contribution < 1.29 is 14.3 Å². The number of anilines is 1. The van der Waals surface area contributed by atoms with Gasteiger partial charge in [0, 0.05) is 20.7 Å². The van der Waals surface area contributed by atoms with Crippen LogP contribution in [-0.2, 0) is 0 Å². The smallest absolute Gasteiger partial charge is 0.343 e. The number of hydrazone groups is 1. The number of hydrogen-bond acceptors (Lipinski definition) is 5. The molecule has 0 aromatic heterocycles. The molecule has 0 fully saturated rings. The molecular formula is C22H17BrClN3O3S. The summed E-state index contributed by atoms with van der Waals surface area (Å²) in [5.41, 5.74) is 4.49. The lowest BCUT2D eigenvalue weighted by molar-refractivity contribution is 0.0734. The van der Waals surface area contributed by atoms with Crippen LogP contribution in [0.5, 0.6) is 11.5 Å². The summed E-state index contributed by atoms with van der Waals surface area (Å²) < 4.78 is 11.4. The maximum Gasteiger partial charge on any atom is 0.343 e. The summed E-state index contributed by atoms with van der Waals surface area (Å²) in [7, 11) is 1.60.